The minimum atomic E-state index is -2.38. The fourth-order valence-corrected chi connectivity index (χ4v) is 4.70. The predicted octanol–water partition coefficient (Wildman–Crippen LogP) is 5.06. The summed E-state index contributed by atoms with van der Waals surface area (Å²) in [5, 5.41) is 16.4. The molecule has 1 unspecified atom stereocenters. The highest BCUT2D eigenvalue weighted by Crippen LogP contribution is 2.45. The number of benzene rings is 2. The summed E-state index contributed by atoms with van der Waals surface area (Å²) in [7, 11) is 0. The third kappa shape index (κ3) is 3.34. The summed E-state index contributed by atoms with van der Waals surface area (Å²) in [6, 6.07) is 8.56. The van der Waals surface area contributed by atoms with Crippen LogP contribution in [0.4, 0.5) is 8.78 Å². The summed E-state index contributed by atoms with van der Waals surface area (Å²) in [5.41, 5.74) is 0.237. The van der Waals surface area contributed by atoms with Crippen molar-refractivity contribution >= 4 is 11.0 Å². The van der Waals surface area contributed by atoms with Gasteiger partial charge < -0.3 is 14.6 Å². The van der Waals surface area contributed by atoms with Crippen LogP contribution in [-0.4, -0.2) is 30.2 Å². The number of aliphatic hydroxyl groups is 1. The van der Waals surface area contributed by atoms with Crippen molar-refractivity contribution in [2.75, 3.05) is 0 Å². The maximum Gasteiger partial charge on any atom is 0.182 e. The largest absolute Gasteiger partial charge is 0.373 e. The number of aromatic amines is 1. The van der Waals surface area contributed by atoms with Crippen LogP contribution in [-0.2, 0) is 5.60 Å². The molecule has 2 N–H and O–H groups in total. The number of imidazole rings is 1. The molecule has 2 aromatic carbocycles. The van der Waals surface area contributed by atoms with Crippen LogP contribution in [0.15, 0.2) is 53.3 Å². The molecule has 0 radical (unpaired) electrons. The Kier molecular flexibility index (Phi) is 4.79. The van der Waals surface area contributed by atoms with Crippen LogP contribution in [0.25, 0.3) is 22.2 Å². The van der Waals surface area contributed by atoms with Crippen molar-refractivity contribution in [1.29, 1.82) is 0 Å². The second-order valence-electron chi connectivity index (χ2n) is 8.89. The third-order valence-corrected chi connectivity index (χ3v) is 6.49. The van der Waals surface area contributed by atoms with E-state index in [1.807, 2.05) is 6.07 Å². The molecule has 7 nitrogen and oxygen atoms in total. The summed E-state index contributed by atoms with van der Waals surface area (Å²) in [6.45, 7) is 3.59. The maximum atomic E-state index is 15.3. The Morgan fingerprint density at radius 2 is 1.77 bits per heavy atom. The van der Waals surface area contributed by atoms with Gasteiger partial charge in [-0.05, 0) is 62.6 Å². The van der Waals surface area contributed by atoms with E-state index in [0.717, 1.165) is 36.4 Å². The lowest BCUT2D eigenvalue weighted by atomic mass is 9.82. The zero-order valence-electron chi connectivity index (χ0n) is 19.0. The topological polar surface area (TPSA) is 101 Å². The summed E-state index contributed by atoms with van der Waals surface area (Å²) >= 11 is 0. The Labute approximate surface area is 198 Å². The van der Waals surface area contributed by atoms with Gasteiger partial charge in [0.25, 0.3) is 0 Å². The molecular formula is C26H21F2N5O2. The van der Waals surface area contributed by atoms with Crippen LogP contribution < -0.4 is 0 Å². The van der Waals surface area contributed by atoms with E-state index in [0.29, 0.717) is 28.1 Å². The van der Waals surface area contributed by atoms with Gasteiger partial charge in [0.15, 0.2) is 11.4 Å². The fourth-order valence-electron chi connectivity index (χ4n) is 4.70. The monoisotopic (exact) mass is 473 g/mol. The molecule has 35 heavy (non-hydrogen) atoms. The van der Waals surface area contributed by atoms with Crippen molar-refractivity contribution < 1.29 is 18.4 Å². The number of hydrogen-bond donors (Lipinski definition) is 2. The SMILES string of the molecule is Cc1noc(C)c1-c1cc(C(O)(c2ncccn2)c2c(F)cccc2F)c2nc(C3CC3)[nH]c2c1. The molecule has 1 atom stereocenters. The zero-order chi connectivity index (χ0) is 24.3. The maximum absolute atomic E-state index is 15.3. The number of nitrogens with one attached hydrogen (secondary N) is 1. The number of aryl methyl sites for hydroxylation is 2. The predicted molar refractivity (Wildman–Crippen MR) is 124 cm³/mol. The Balaban J connectivity index is 1.74. The van der Waals surface area contributed by atoms with Crippen LogP contribution in [0.2, 0.25) is 0 Å². The van der Waals surface area contributed by atoms with E-state index in [1.165, 1.54) is 18.5 Å². The molecular weight excluding hydrogens is 452 g/mol. The molecule has 1 fully saturated rings. The number of fused-ring (bicyclic) bond motifs is 1. The number of nitrogens with zero attached hydrogens (tertiary/aromatic N) is 4. The van der Waals surface area contributed by atoms with Crippen molar-refractivity contribution in [2.24, 2.45) is 0 Å². The van der Waals surface area contributed by atoms with Gasteiger partial charge in [-0.25, -0.2) is 23.7 Å². The highest BCUT2D eigenvalue weighted by Gasteiger charge is 2.44. The highest BCUT2D eigenvalue weighted by molar-refractivity contribution is 5.88. The number of rotatable bonds is 5. The van der Waals surface area contributed by atoms with E-state index in [2.05, 4.69) is 20.1 Å². The van der Waals surface area contributed by atoms with Gasteiger partial charge in [0, 0.05) is 29.4 Å². The molecule has 1 aliphatic rings. The lowest BCUT2D eigenvalue weighted by Gasteiger charge is -2.29. The van der Waals surface area contributed by atoms with Crippen LogP contribution in [0.3, 0.4) is 0 Å². The first-order valence-corrected chi connectivity index (χ1v) is 11.3. The Morgan fingerprint density at radius 1 is 1.06 bits per heavy atom. The second-order valence-corrected chi connectivity index (χ2v) is 8.89. The Hall–Kier alpha value is -3.98. The van der Waals surface area contributed by atoms with Crippen LogP contribution in [0, 0.1) is 25.5 Å². The minimum Gasteiger partial charge on any atom is -0.373 e. The molecule has 1 aliphatic carbocycles. The van der Waals surface area contributed by atoms with Gasteiger partial charge in [-0.3, -0.25) is 0 Å². The molecule has 6 rings (SSSR count). The highest BCUT2D eigenvalue weighted by atomic mass is 19.1. The summed E-state index contributed by atoms with van der Waals surface area (Å²) in [5.74, 6) is -0.391. The van der Waals surface area contributed by atoms with E-state index in [-0.39, 0.29) is 17.3 Å². The summed E-state index contributed by atoms with van der Waals surface area (Å²) in [6.07, 6.45) is 4.84. The van der Waals surface area contributed by atoms with E-state index < -0.39 is 22.8 Å². The average molecular weight is 473 g/mol. The third-order valence-electron chi connectivity index (χ3n) is 6.49. The van der Waals surface area contributed by atoms with Gasteiger partial charge in [0.2, 0.25) is 0 Å². The molecule has 1 saturated carbocycles. The fraction of sp³-hybridized carbons (Fsp3) is 0.231. The molecule has 3 aromatic heterocycles. The molecule has 0 aliphatic heterocycles. The summed E-state index contributed by atoms with van der Waals surface area (Å²) < 4.78 is 35.9. The molecule has 9 heteroatoms. The first-order chi connectivity index (χ1) is 16.9. The zero-order valence-corrected chi connectivity index (χ0v) is 19.0. The molecule has 0 saturated heterocycles. The van der Waals surface area contributed by atoms with Gasteiger partial charge in [0.05, 0.1) is 22.3 Å². The molecule has 0 amide bonds. The Bertz CT molecular complexity index is 1540. The van der Waals surface area contributed by atoms with Crippen LogP contribution >= 0.6 is 0 Å². The van der Waals surface area contributed by atoms with E-state index >= 15 is 8.78 Å². The quantitative estimate of drug-likeness (QED) is 0.370. The molecule has 0 bridgehead atoms. The van der Waals surface area contributed by atoms with E-state index in [1.54, 1.807) is 26.0 Å². The van der Waals surface area contributed by atoms with Gasteiger partial charge >= 0.3 is 0 Å². The normalized spacial score (nSPS) is 15.5. The average Bonchev–Trinajstić information content (AvgIpc) is 3.52. The number of aromatic nitrogens is 5. The van der Waals surface area contributed by atoms with Gasteiger partial charge in [0.1, 0.15) is 23.2 Å². The standard InChI is InChI=1S/C26H21F2N5O2/c1-13-21(14(2)35-33-13)16-11-17(23-20(12-16)31-24(32-23)15-7-8-15)26(34,25-29-9-4-10-30-25)22-18(27)5-3-6-19(22)28/h3-6,9-12,15,34H,7-8H2,1-2H3,(H,31,32). The first kappa shape index (κ1) is 21.5. The van der Waals surface area contributed by atoms with Gasteiger partial charge in [-0.2, -0.15) is 0 Å². The number of H-pyrrole nitrogens is 1. The van der Waals surface area contributed by atoms with E-state index in [4.69, 9.17) is 9.51 Å². The van der Waals surface area contributed by atoms with Gasteiger partial charge in [-0.15, -0.1) is 0 Å². The van der Waals surface area contributed by atoms with Crippen molar-refractivity contribution in [3.05, 3.63) is 94.7 Å². The van der Waals surface area contributed by atoms with Crippen molar-refractivity contribution in [3.8, 4) is 11.1 Å². The lowest BCUT2D eigenvalue weighted by molar-refractivity contribution is 0.108. The minimum absolute atomic E-state index is 0.156. The van der Waals surface area contributed by atoms with Crippen LogP contribution in [0.5, 0.6) is 0 Å². The molecule has 0 spiro atoms. The number of halogens is 2. The molecule has 176 valence electrons. The van der Waals surface area contributed by atoms with Crippen molar-refractivity contribution in [3.63, 3.8) is 0 Å². The van der Waals surface area contributed by atoms with Crippen molar-refractivity contribution in [2.45, 2.75) is 38.2 Å². The number of hydrogen-bond acceptors (Lipinski definition) is 6. The first-order valence-electron chi connectivity index (χ1n) is 11.3. The summed E-state index contributed by atoms with van der Waals surface area (Å²) in [4.78, 5) is 16.5. The van der Waals surface area contributed by atoms with E-state index in [9.17, 15) is 5.11 Å². The smallest absolute Gasteiger partial charge is 0.182 e. The second kappa shape index (κ2) is 7.78. The van der Waals surface area contributed by atoms with Crippen molar-refractivity contribution in [1.82, 2.24) is 25.1 Å². The van der Waals surface area contributed by atoms with Gasteiger partial charge in [-0.1, -0.05) is 11.2 Å². The Morgan fingerprint density at radius 3 is 2.40 bits per heavy atom. The molecule has 3 heterocycles. The molecule has 5 aromatic rings. The van der Waals surface area contributed by atoms with Crippen LogP contribution in [0.1, 0.15) is 53.0 Å². The lowest BCUT2D eigenvalue weighted by Crippen LogP contribution is -2.34.